The number of hydrogen-bond acceptors (Lipinski definition) is 5. The van der Waals surface area contributed by atoms with Gasteiger partial charge in [0.05, 0.1) is 11.1 Å². The summed E-state index contributed by atoms with van der Waals surface area (Å²) in [6.07, 6.45) is 3.07. The summed E-state index contributed by atoms with van der Waals surface area (Å²) in [4.78, 5) is 32.9. The summed E-state index contributed by atoms with van der Waals surface area (Å²) in [5, 5.41) is 1.37. The normalized spacial score (nSPS) is 16.0. The molecule has 2 aromatic heterocycles. The topological polar surface area (TPSA) is 52.0 Å². The zero-order chi connectivity index (χ0) is 20.5. The van der Waals surface area contributed by atoms with Gasteiger partial charge in [-0.3, -0.25) is 14.2 Å². The lowest BCUT2D eigenvalue weighted by atomic mass is 9.89. The number of ketones is 1. The lowest BCUT2D eigenvalue weighted by Gasteiger charge is -2.17. The molecule has 0 unspecified atom stereocenters. The molecule has 29 heavy (non-hydrogen) atoms. The predicted octanol–water partition coefficient (Wildman–Crippen LogP) is 5.13. The van der Waals surface area contributed by atoms with Crippen LogP contribution in [-0.2, 0) is 19.4 Å². The Morgan fingerprint density at radius 1 is 1.34 bits per heavy atom. The van der Waals surface area contributed by atoms with Crippen molar-refractivity contribution in [3.63, 3.8) is 0 Å². The quantitative estimate of drug-likeness (QED) is 0.238. The Hall–Kier alpha value is -2.18. The van der Waals surface area contributed by atoms with Crippen molar-refractivity contribution in [1.29, 1.82) is 0 Å². The molecule has 1 aliphatic rings. The lowest BCUT2D eigenvalue weighted by molar-refractivity contribution is 0.102. The number of benzene rings is 1. The number of hydrogen-bond donors (Lipinski definition) is 0. The molecule has 0 saturated heterocycles. The number of aryl methyl sites for hydroxylation is 1. The van der Waals surface area contributed by atoms with Crippen LogP contribution in [0.2, 0.25) is 0 Å². The van der Waals surface area contributed by atoms with Crippen molar-refractivity contribution < 1.29 is 4.79 Å². The molecular formula is C23H24N2O2S2. The maximum atomic E-state index is 13.4. The van der Waals surface area contributed by atoms with E-state index in [1.165, 1.54) is 22.2 Å². The Morgan fingerprint density at radius 2 is 2.10 bits per heavy atom. The molecule has 1 aliphatic carbocycles. The van der Waals surface area contributed by atoms with Crippen LogP contribution < -0.4 is 5.56 Å². The number of Topliss-reactive ketones (excluding diaryl/α,β-unsaturated/α-hetero) is 1. The molecule has 4 rings (SSSR count). The first-order chi connectivity index (χ1) is 13.9. The van der Waals surface area contributed by atoms with E-state index in [4.69, 9.17) is 4.98 Å². The van der Waals surface area contributed by atoms with Gasteiger partial charge in [0.25, 0.3) is 5.56 Å². The van der Waals surface area contributed by atoms with Crippen LogP contribution in [0.3, 0.4) is 0 Å². The maximum absolute atomic E-state index is 13.4. The highest BCUT2D eigenvalue weighted by atomic mass is 32.2. The number of nitrogens with zero attached hydrogens (tertiary/aromatic N) is 2. The van der Waals surface area contributed by atoms with Crippen LogP contribution in [0, 0.1) is 5.92 Å². The molecule has 150 valence electrons. The third-order valence-corrected chi connectivity index (χ3v) is 7.36. The molecule has 2 heterocycles. The van der Waals surface area contributed by atoms with E-state index in [0.29, 0.717) is 23.2 Å². The zero-order valence-electron chi connectivity index (χ0n) is 16.7. The Bertz CT molecular complexity index is 1150. The van der Waals surface area contributed by atoms with Gasteiger partial charge in [-0.05, 0) is 37.7 Å². The molecule has 0 radical (unpaired) electrons. The van der Waals surface area contributed by atoms with E-state index in [0.717, 1.165) is 35.1 Å². The minimum absolute atomic E-state index is 0.000266. The predicted molar refractivity (Wildman–Crippen MR) is 121 cm³/mol. The van der Waals surface area contributed by atoms with Crippen molar-refractivity contribution in [2.24, 2.45) is 5.92 Å². The van der Waals surface area contributed by atoms with Crippen LogP contribution in [-0.4, -0.2) is 21.1 Å². The second-order valence-electron chi connectivity index (χ2n) is 7.85. The Balaban J connectivity index is 1.73. The average Bonchev–Trinajstić information content (AvgIpc) is 3.06. The molecular weight excluding hydrogens is 400 g/mol. The van der Waals surface area contributed by atoms with Crippen LogP contribution in [0.25, 0.3) is 10.2 Å². The summed E-state index contributed by atoms with van der Waals surface area (Å²) < 4.78 is 1.69. The smallest absolute Gasteiger partial charge is 0.263 e. The molecule has 0 amide bonds. The van der Waals surface area contributed by atoms with E-state index in [1.807, 2.05) is 37.3 Å². The number of thioether (sulfide) groups is 1. The molecule has 0 saturated carbocycles. The highest BCUT2D eigenvalue weighted by molar-refractivity contribution is 7.99. The highest BCUT2D eigenvalue weighted by Gasteiger charge is 2.25. The summed E-state index contributed by atoms with van der Waals surface area (Å²) in [5.41, 5.74) is 2.75. The summed E-state index contributed by atoms with van der Waals surface area (Å²) >= 11 is 2.98. The van der Waals surface area contributed by atoms with Gasteiger partial charge in [0.15, 0.2) is 10.9 Å². The van der Waals surface area contributed by atoms with E-state index in [-0.39, 0.29) is 17.1 Å². The van der Waals surface area contributed by atoms with Gasteiger partial charge in [-0.25, -0.2) is 4.98 Å². The van der Waals surface area contributed by atoms with Crippen molar-refractivity contribution in [3.8, 4) is 0 Å². The van der Waals surface area contributed by atoms with Gasteiger partial charge in [0, 0.05) is 17.0 Å². The van der Waals surface area contributed by atoms with Gasteiger partial charge < -0.3 is 0 Å². The van der Waals surface area contributed by atoms with Crippen LogP contribution in [0.5, 0.6) is 0 Å². The third-order valence-electron chi connectivity index (χ3n) is 5.24. The lowest BCUT2D eigenvalue weighted by Crippen LogP contribution is -2.25. The molecule has 4 nitrogen and oxygen atoms in total. The highest BCUT2D eigenvalue weighted by Crippen LogP contribution is 2.36. The third kappa shape index (κ3) is 4.09. The van der Waals surface area contributed by atoms with Gasteiger partial charge in [-0.2, -0.15) is 0 Å². The van der Waals surface area contributed by atoms with Gasteiger partial charge in [-0.1, -0.05) is 61.2 Å². The summed E-state index contributed by atoms with van der Waals surface area (Å²) in [7, 11) is 0. The Morgan fingerprint density at radius 3 is 2.83 bits per heavy atom. The molecule has 0 fully saturated rings. The molecule has 1 atom stereocenters. The Labute approximate surface area is 178 Å². The number of carbonyl (C=O) groups is 1. The van der Waals surface area contributed by atoms with Crippen molar-refractivity contribution in [2.75, 3.05) is 5.75 Å². The van der Waals surface area contributed by atoms with Crippen molar-refractivity contribution in [3.05, 3.63) is 68.8 Å². The first-order valence-electron chi connectivity index (χ1n) is 9.84. The van der Waals surface area contributed by atoms with Crippen molar-refractivity contribution in [1.82, 2.24) is 9.55 Å². The van der Waals surface area contributed by atoms with Crippen LogP contribution >= 0.6 is 23.1 Å². The minimum Gasteiger partial charge on any atom is -0.293 e. The molecule has 0 spiro atoms. The monoisotopic (exact) mass is 424 g/mol. The molecule has 6 heteroatoms. The summed E-state index contributed by atoms with van der Waals surface area (Å²) in [6, 6.07) is 9.24. The fraction of sp³-hybridized carbons (Fsp3) is 0.348. The molecule has 0 aliphatic heterocycles. The molecule has 0 N–H and O–H groups in total. The number of fused-ring (bicyclic) bond motifs is 3. The van der Waals surface area contributed by atoms with Gasteiger partial charge >= 0.3 is 0 Å². The first-order valence-corrected chi connectivity index (χ1v) is 11.6. The maximum Gasteiger partial charge on any atom is 0.263 e. The van der Waals surface area contributed by atoms with E-state index in [2.05, 4.69) is 13.5 Å². The fourth-order valence-corrected chi connectivity index (χ4v) is 6.08. The minimum atomic E-state index is -0.000266. The van der Waals surface area contributed by atoms with Crippen molar-refractivity contribution in [2.45, 2.75) is 44.8 Å². The van der Waals surface area contributed by atoms with Crippen LogP contribution in [0.15, 0.2) is 52.4 Å². The standard InChI is InChI=1S/C23H24N2O2S2/c1-14(2)12-25-22(27)20-17-10-9-15(3)11-19(17)29-21(20)24-23(25)28-13-18(26)16-7-5-4-6-8-16/h4-8,15H,1,9-13H2,2-3H3/t15-/m1/s1. The molecule has 0 bridgehead atoms. The largest absolute Gasteiger partial charge is 0.293 e. The number of thiophene rings is 1. The van der Waals surface area contributed by atoms with E-state index in [1.54, 1.807) is 15.9 Å². The molecule has 1 aromatic carbocycles. The number of rotatable bonds is 6. The van der Waals surface area contributed by atoms with E-state index < -0.39 is 0 Å². The summed E-state index contributed by atoms with van der Waals surface area (Å²) in [6.45, 7) is 8.57. The average molecular weight is 425 g/mol. The Kier molecular flexibility index (Phi) is 5.74. The van der Waals surface area contributed by atoms with Gasteiger partial charge in [0.2, 0.25) is 0 Å². The number of carbonyl (C=O) groups excluding carboxylic acids is 1. The zero-order valence-corrected chi connectivity index (χ0v) is 18.4. The van der Waals surface area contributed by atoms with Gasteiger partial charge in [0.1, 0.15) is 4.83 Å². The first kappa shape index (κ1) is 20.1. The van der Waals surface area contributed by atoms with Crippen molar-refractivity contribution >= 4 is 39.1 Å². The second-order valence-corrected chi connectivity index (χ2v) is 9.88. The summed E-state index contributed by atoms with van der Waals surface area (Å²) in [5.74, 6) is 0.928. The fourth-order valence-electron chi connectivity index (χ4n) is 3.76. The second kappa shape index (κ2) is 8.28. The van der Waals surface area contributed by atoms with E-state index in [9.17, 15) is 9.59 Å². The van der Waals surface area contributed by atoms with E-state index >= 15 is 0 Å². The van der Waals surface area contributed by atoms with Crippen LogP contribution in [0.4, 0.5) is 0 Å². The molecule has 3 aromatic rings. The number of allylic oxidation sites excluding steroid dienone is 1. The van der Waals surface area contributed by atoms with Gasteiger partial charge in [-0.15, -0.1) is 11.3 Å². The van der Waals surface area contributed by atoms with Crippen LogP contribution in [0.1, 0.15) is 41.1 Å². The number of aromatic nitrogens is 2. The SMILES string of the molecule is C=C(C)Cn1c(SCC(=O)c2ccccc2)nc2sc3c(c2c1=O)CC[C@@H](C)C3.